The molecule has 0 spiro atoms. The van der Waals surface area contributed by atoms with Gasteiger partial charge in [0.2, 0.25) is 21.8 Å². The third-order valence-electron chi connectivity index (χ3n) is 5.22. The molecule has 2 amide bonds. The van der Waals surface area contributed by atoms with Gasteiger partial charge in [0.25, 0.3) is 0 Å². The number of amides is 2. The van der Waals surface area contributed by atoms with Crippen molar-refractivity contribution in [3.05, 3.63) is 18.2 Å². The van der Waals surface area contributed by atoms with Gasteiger partial charge in [0.15, 0.2) is 11.5 Å². The maximum atomic E-state index is 12.4. The zero-order valence-corrected chi connectivity index (χ0v) is 17.3. The second-order valence-corrected chi connectivity index (χ2v) is 9.23. The van der Waals surface area contributed by atoms with E-state index in [1.807, 2.05) is 0 Å². The Balaban J connectivity index is 1.58. The van der Waals surface area contributed by atoms with E-state index in [0.717, 1.165) is 6.26 Å². The summed E-state index contributed by atoms with van der Waals surface area (Å²) in [7, 11) is -3.52. The molecule has 10 heteroatoms. The number of sulfonamides is 1. The van der Waals surface area contributed by atoms with E-state index < -0.39 is 10.0 Å². The van der Waals surface area contributed by atoms with Crippen LogP contribution >= 0.6 is 0 Å². The van der Waals surface area contributed by atoms with Crippen LogP contribution in [0.1, 0.15) is 25.7 Å². The molecule has 0 bridgehead atoms. The molecule has 0 unspecified atom stereocenters. The van der Waals surface area contributed by atoms with Crippen molar-refractivity contribution in [1.29, 1.82) is 0 Å². The molecule has 1 saturated heterocycles. The van der Waals surface area contributed by atoms with E-state index >= 15 is 0 Å². The van der Waals surface area contributed by atoms with E-state index in [0.29, 0.717) is 62.8 Å². The summed E-state index contributed by atoms with van der Waals surface area (Å²) in [5.41, 5.74) is 5.80. The lowest BCUT2D eigenvalue weighted by molar-refractivity contribution is -0.134. The number of rotatable bonds is 7. The van der Waals surface area contributed by atoms with Gasteiger partial charge in [-0.25, -0.2) is 8.42 Å². The highest BCUT2D eigenvalue weighted by molar-refractivity contribution is 7.92. The van der Waals surface area contributed by atoms with Crippen LogP contribution in [0.15, 0.2) is 18.2 Å². The third kappa shape index (κ3) is 5.31. The fraction of sp³-hybridized carbons (Fsp3) is 0.579. The average molecular weight is 426 g/mol. The number of piperidine rings is 1. The summed E-state index contributed by atoms with van der Waals surface area (Å²) in [6.07, 6.45) is 2.91. The molecule has 2 aliphatic heterocycles. The summed E-state index contributed by atoms with van der Waals surface area (Å²) in [4.78, 5) is 25.4. The van der Waals surface area contributed by atoms with E-state index in [2.05, 4.69) is 0 Å². The minimum atomic E-state index is -3.52. The standard InChI is InChI=1S/C19H27N3O6S/c1-29(25,26)22(15-4-5-16-17(13-15)28-12-11-27-16)8-2-3-18(23)21-9-6-14(7-10-21)19(20)24/h4-5,13-14H,2-3,6-12H2,1H3,(H2,20,24). The normalized spacial score (nSPS) is 17.1. The number of carbonyl (C=O) groups excluding carboxylic acids is 2. The number of fused-ring (bicyclic) bond motifs is 1. The molecule has 3 rings (SSSR count). The molecule has 0 radical (unpaired) electrons. The lowest BCUT2D eigenvalue weighted by Crippen LogP contribution is -2.42. The molecule has 1 aromatic carbocycles. The van der Waals surface area contributed by atoms with Gasteiger partial charge < -0.3 is 20.1 Å². The smallest absolute Gasteiger partial charge is 0.232 e. The molecule has 1 aromatic rings. The van der Waals surface area contributed by atoms with Crippen molar-refractivity contribution in [1.82, 2.24) is 4.90 Å². The van der Waals surface area contributed by atoms with Crippen LogP contribution in [0.5, 0.6) is 11.5 Å². The molecule has 0 aliphatic carbocycles. The van der Waals surface area contributed by atoms with Gasteiger partial charge in [0.1, 0.15) is 13.2 Å². The van der Waals surface area contributed by atoms with Crippen LogP contribution in [-0.4, -0.2) is 64.2 Å². The first-order valence-corrected chi connectivity index (χ1v) is 11.5. The highest BCUT2D eigenvalue weighted by Gasteiger charge is 2.26. The molecule has 0 aromatic heterocycles. The summed E-state index contributed by atoms with van der Waals surface area (Å²) in [6.45, 7) is 2.06. The molecule has 2 N–H and O–H groups in total. The number of hydrogen-bond donors (Lipinski definition) is 1. The first-order chi connectivity index (χ1) is 13.8. The summed E-state index contributed by atoms with van der Waals surface area (Å²) in [5.74, 6) is 0.567. The number of anilines is 1. The Bertz CT molecular complexity index is 865. The van der Waals surface area contributed by atoms with E-state index in [4.69, 9.17) is 15.2 Å². The summed E-state index contributed by atoms with van der Waals surface area (Å²) < 4.78 is 36.9. The number of benzene rings is 1. The number of ether oxygens (including phenoxy) is 2. The van der Waals surface area contributed by atoms with Gasteiger partial charge in [-0.05, 0) is 31.4 Å². The Morgan fingerprint density at radius 1 is 1.17 bits per heavy atom. The van der Waals surface area contributed by atoms with Crippen LogP contribution < -0.4 is 19.5 Å². The monoisotopic (exact) mass is 425 g/mol. The molecule has 2 heterocycles. The quantitative estimate of drug-likeness (QED) is 0.688. The summed E-state index contributed by atoms with van der Waals surface area (Å²) >= 11 is 0. The molecule has 29 heavy (non-hydrogen) atoms. The predicted molar refractivity (Wildman–Crippen MR) is 107 cm³/mol. The topological polar surface area (TPSA) is 119 Å². The van der Waals surface area contributed by atoms with Gasteiger partial charge in [-0.15, -0.1) is 0 Å². The minimum Gasteiger partial charge on any atom is -0.486 e. The van der Waals surface area contributed by atoms with Gasteiger partial charge in [-0.3, -0.25) is 13.9 Å². The number of carbonyl (C=O) groups is 2. The Morgan fingerprint density at radius 3 is 2.45 bits per heavy atom. The van der Waals surface area contributed by atoms with Gasteiger partial charge >= 0.3 is 0 Å². The predicted octanol–water partition coefficient (Wildman–Crippen LogP) is 0.728. The van der Waals surface area contributed by atoms with Crippen molar-refractivity contribution < 1.29 is 27.5 Å². The molecule has 2 aliphatic rings. The molecular formula is C19H27N3O6S. The highest BCUT2D eigenvalue weighted by Crippen LogP contribution is 2.34. The lowest BCUT2D eigenvalue weighted by atomic mass is 9.96. The second-order valence-electron chi connectivity index (χ2n) is 7.32. The maximum absolute atomic E-state index is 12.4. The largest absolute Gasteiger partial charge is 0.486 e. The Kier molecular flexibility index (Phi) is 6.51. The van der Waals surface area contributed by atoms with E-state index in [1.54, 1.807) is 23.1 Å². The van der Waals surface area contributed by atoms with Gasteiger partial charge in [-0.1, -0.05) is 0 Å². The minimum absolute atomic E-state index is 0.0384. The zero-order chi connectivity index (χ0) is 21.0. The fourth-order valence-corrected chi connectivity index (χ4v) is 4.58. The Labute approximate surface area is 170 Å². The Hall–Kier alpha value is -2.49. The first-order valence-electron chi connectivity index (χ1n) is 9.70. The van der Waals surface area contributed by atoms with Gasteiger partial charge in [-0.2, -0.15) is 0 Å². The third-order valence-corrected chi connectivity index (χ3v) is 6.41. The maximum Gasteiger partial charge on any atom is 0.232 e. The SMILES string of the molecule is CS(=O)(=O)N(CCCC(=O)N1CCC(C(N)=O)CC1)c1ccc2c(c1)OCCO2. The molecular weight excluding hydrogens is 398 g/mol. The fourth-order valence-electron chi connectivity index (χ4n) is 3.62. The van der Waals surface area contributed by atoms with Crippen molar-refractivity contribution in [3.8, 4) is 11.5 Å². The van der Waals surface area contributed by atoms with Crippen LogP contribution in [0.25, 0.3) is 0 Å². The van der Waals surface area contributed by atoms with E-state index in [9.17, 15) is 18.0 Å². The summed E-state index contributed by atoms with van der Waals surface area (Å²) in [6, 6.07) is 5.01. The number of hydrogen-bond acceptors (Lipinski definition) is 6. The lowest BCUT2D eigenvalue weighted by Gasteiger charge is -2.31. The van der Waals surface area contributed by atoms with Crippen molar-refractivity contribution in [3.63, 3.8) is 0 Å². The summed E-state index contributed by atoms with van der Waals surface area (Å²) in [5, 5.41) is 0. The number of nitrogens with two attached hydrogens (primary N) is 1. The van der Waals surface area contributed by atoms with Gasteiger partial charge in [0, 0.05) is 38.0 Å². The van der Waals surface area contributed by atoms with Crippen LogP contribution in [0.4, 0.5) is 5.69 Å². The van der Waals surface area contributed by atoms with Crippen LogP contribution in [-0.2, 0) is 19.6 Å². The molecule has 0 saturated carbocycles. The number of primary amides is 1. The Morgan fingerprint density at radius 2 is 1.83 bits per heavy atom. The molecule has 9 nitrogen and oxygen atoms in total. The molecule has 0 atom stereocenters. The number of likely N-dealkylation sites (tertiary alicyclic amines) is 1. The van der Waals surface area contributed by atoms with Crippen molar-refractivity contribution in [2.75, 3.05) is 43.4 Å². The molecule has 1 fully saturated rings. The van der Waals surface area contributed by atoms with Gasteiger partial charge in [0.05, 0.1) is 11.9 Å². The van der Waals surface area contributed by atoms with E-state index in [-0.39, 0.29) is 30.7 Å². The van der Waals surface area contributed by atoms with Crippen LogP contribution in [0, 0.1) is 5.92 Å². The van der Waals surface area contributed by atoms with Crippen LogP contribution in [0.3, 0.4) is 0 Å². The van der Waals surface area contributed by atoms with E-state index in [1.165, 1.54) is 4.31 Å². The first kappa shape index (κ1) is 21.2. The van der Waals surface area contributed by atoms with Crippen LogP contribution in [0.2, 0.25) is 0 Å². The number of nitrogens with zero attached hydrogens (tertiary/aromatic N) is 2. The molecule has 160 valence electrons. The van der Waals surface area contributed by atoms with Crippen molar-refractivity contribution in [2.45, 2.75) is 25.7 Å². The second kappa shape index (κ2) is 8.89. The zero-order valence-electron chi connectivity index (χ0n) is 16.5. The van der Waals surface area contributed by atoms with Crippen molar-refractivity contribution in [2.24, 2.45) is 11.7 Å². The highest BCUT2D eigenvalue weighted by atomic mass is 32.2. The average Bonchev–Trinajstić information content (AvgIpc) is 2.70. The van der Waals surface area contributed by atoms with Crippen molar-refractivity contribution >= 4 is 27.5 Å².